The molecule has 1 aliphatic rings. The van der Waals surface area contributed by atoms with Gasteiger partial charge < -0.3 is 5.32 Å². The maximum absolute atomic E-state index is 4.67. The number of hydrogen-bond donors (Lipinski definition) is 1. The largest absolute Gasteiger partial charge is 0.307 e. The smallest absolute Gasteiger partial charge is 0.159 e. The molecule has 1 unspecified atom stereocenters. The number of nitrogens with zero attached hydrogens (tertiary/aromatic N) is 3. The molecule has 22 heavy (non-hydrogen) atoms. The van der Waals surface area contributed by atoms with Gasteiger partial charge in [0.1, 0.15) is 0 Å². The highest BCUT2D eigenvalue weighted by Gasteiger charge is 2.18. The molecule has 0 amide bonds. The van der Waals surface area contributed by atoms with E-state index in [-0.39, 0.29) is 0 Å². The van der Waals surface area contributed by atoms with Crippen molar-refractivity contribution < 1.29 is 0 Å². The van der Waals surface area contributed by atoms with Crippen molar-refractivity contribution >= 4 is 11.8 Å². The Morgan fingerprint density at radius 3 is 2.64 bits per heavy atom. The minimum atomic E-state index is 0.291. The van der Waals surface area contributed by atoms with Crippen molar-refractivity contribution in [2.24, 2.45) is 0 Å². The third kappa shape index (κ3) is 3.65. The number of rotatable bonds is 4. The van der Waals surface area contributed by atoms with E-state index in [1.807, 2.05) is 18.3 Å². The van der Waals surface area contributed by atoms with Gasteiger partial charge in [0.05, 0.1) is 0 Å². The van der Waals surface area contributed by atoms with Gasteiger partial charge in [-0.05, 0) is 50.3 Å². The number of nitrogens with one attached hydrogen (secondary N) is 1. The Kier molecular flexibility index (Phi) is 5.05. The Labute approximate surface area is 136 Å². The molecule has 3 heterocycles. The molecule has 0 radical (unpaired) electrons. The zero-order chi connectivity index (χ0) is 15.4. The minimum Gasteiger partial charge on any atom is -0.307 e. The Morgan fingerprint density at radius 1 is 1.23 bits per heavy atom. The van der Waals surface area contributed by atoms with Gasteiger partial charge in [-0.25, -0.2) is 9.97 Å². The standard InChI is InChI=1S/C17H22N4S/c1-12(20-15-5-9-22-10-6-15)16-11-19-17(21-13(16)2)14-3-7-18-8-4-14/h3-4,7-8,11-12,15,20H,5-6,9-10H2,1-2H3. The second kappa shape index (κ2) is 7.20. The summed E-state index contributed by atoms with van der Waals surface area (Å²) in [5.74, 6) is 3.30. The third-order valence-corrected chi connectivity index (χ3v) is 5.18. The summed E-state index contributed by atoms with van der Waals surface area (Å²) in [6.45, 7) is 4.27. The van der Waals surface area contributed by atoms with Crippen LogP contribution in [0.4, 0.5) is 0 Å². The minimum absolute atomic E-state index is 0.291. The van der Waals surface area contributed by atoms with Gasteiger partial charge in [0.15, 0.2) is 5.82 Å². The number of thioether (sulfide) groups is 1. The summed E-state index contributed by atoms with van der Waals surface area (Å²) in [6, 6.07) is 4.79. The van der Waals surface area contributed by atoms with E-state index in [4.69, 9.17) is 0 Å². The summed E-state index contributed by atoms with van der Waals surface area (Å²) < 4.78 is 0. The zero-order valence-corrected chi connectivity index (χ0v) is 13.9. The molecular weight excluding hydrogens is 292 g/mol. The molecule has 1 atom stereocenters. The average Bonchev–Trinajstić information content (AvgIpc) is 2.56. The van der Waals surface area contributed by atoms with Gasteiger partial charge in [0, 0.05) is 47.5 Å². The van der Waals surface area contributed by atoms with Crippen LogP contribution >= 0.6 is 11.8 Å². The number of aromatic nitrogens is 3. The van der Waals surface area contributed by atoms with Crippen LogP contribution in [0.2, 0.25) is 0 Å². The highest BCUT2D eigenvalue weighted by atomic mass is 32.2. The van der Waals surface area contributed by atoms with Gasteiger partial charge in [-0.2, -0.15) is 11.8 Å². The summed E-state index contributed by atoms with van der Waals surface area (Å²) in [4.78, 5) is 13.3. The molecule has 2 aromatic heterocycles. The predicted molar refractivity (Wildman–Crippen MR) is 91.9 cm³/mol. The zero-order valence-electron chi connectivity index (χ0n) is 13.1. The van der Waals surface area contributed by atoms with Crippen molar-refractivity contribution in [3.63, 3.8) is 0 Å². The van der Waals surface area contributed by atoms with Gasteiger partial charge in [0.25, 0.3) is 0 Å². The molecule has 0 bridgehead atoms. The van der Waals surface area contributed by atoms with Crippen molar-refractivity contribution in [1.29, 1.82) is 0 Å². The van der Waals surface area contributed by atoms with Crippen LogP contribution in [0.1, 0.15) is 37.1 Å². The van der Waals surface area contributed by atoms with Crippen LogP contribution in [0.15, 0.2) is 30.7 Å². The van der Waals surface area contributed by atoms with Crippen LogP contribution in [0, 0.1) is 6.92 Å². The maximum Gasteiger partial charge on any atom is 0.159 e. The summed E-state index contributed by atoms with van der Waals surface area (Å²) in [6.07, 6.45) is 8.02. The third-order valence-electron chi connectivity index (χ3n) is 4.13. The molecule has 1 fully saturated rings. The fourth-order valence-electron chi connectivity index (χ4n) is 2.85. The predicted octanol–water partition coefficient (Wildman–Crippen LogP) is 3.39. The Balaban J connectivity index is 1.74. The van der Waals surface area contributed by atoms with Crippen LogP contribution in [-0.4, -0.2) is 32.5 Å². The van der Waals surface area contributed by atoms with E-state index in [1.165, 1.54) is 29.9 Å². The quantitative estimate of drug-likeness (QED) is 0.937. The second-order valence-electron chi connectivity index (χ2n) is 5.75. The van der Waals surface area contributed by atoms with Crippen LogP contribution in [-0.2, 0) is 0 Å². The highest BCUT2D eigenvalue weighted by molar-refractivity contribution is 7.99. The molecule has 0 aromatic carbocycles. The first-order valence-electron chi connectivity index (χ1n) is 7.82. The topological polar surface area (TPSA) is 50.7 Å². The maximum atomic E-state index is 4.67. The first kappa shape index (κ1) is 15.4. The van der Waals surface area contributed by atoms with Crippen molar-refractivity contribution in [3.8, 4) is 11.4 Å². The van der Waals surface area contributed by atoms with E-state index >= 15 is 0 Å². The molecule has 3 rings (SSSR count). The summed E-state index contributed by atoms with van der Waals surface area (Å²) in [7, 11) is 0. The van der Waals surface area contributed by atoms with E-state index in [0.29, 0.717) is 12.1 Å². The molecule has 116 valence electrons. The van der Waals surface area contributed by atoms with Crippen LogP contribution in [0.25, 0.3) is 11.4 Å². The van der Waals surface area contributed by atoms with Crippen LogP contribution in [0.5, 0.6) is 0 Å². The lowest BCUT2D eigenvalue weighted by Gasteiger charge is -2.27. The van der Waals surface area contributed by atoms with Gasteiger partial charge >= 0.3 is 0 Å². The summed E-state index contributed by atoms with van der Waals surface area (Å²) >= 11 is 2.05. The molecule has 0 aliphatic carbocycles. The van der Waals surface area contributed by atoms with Gasteiger partial charge in [-0.1, -0.05) is 0 Å². The average molecular weight is 314 g/mol. The van der Waals surface area contributed by atoms with E-state index in [1.54, 1.807) is 12.4 Å². The number of aryl methyl sites for hydroxylation is 1. The van der Waals surface area contributed by atoms with Crippen LogP contribution < -0.4 is 5.32 Å². The Morgan fingerprint density at radius 2 is 1.95 bits per heavy atom. The molecule has 0 saturated carbocycles. The lowest BCUT2D eigenvalue weighted by atomic mass is 10.1. The van der Waals surface area contributed by atoms with E-state index in [9.17, 15) is 0 Å². The highest BCUT2D eigenvalue weighted by Crippen LogP contribution is 2.23. The molecule has 5 heteroatoms. The van der Waals surface area contributed by atoms with Crippen molar-refractivity contribution in [2.75, 3.05) is 11.5 Å². The molecule has 0 spiro atoms. The SMILES string of the molecule is Cc1nc(-c2ccncc2)ncc1C(C)NC1CCSCC1. The summed E-state index contributed by atoms with van der Waals surface area (Å²) in [5.41, 5.74) is 3.25. The Bertz CT molecular complexity index is 611. The molecule has 4 nitrogen and oxygen atoms in total. The summed E-state index contributed by atoms with van der Waals surface area (Å²) in [5, 5.41) is 3.73. The molecular formula is C17H22N4S. The molecule has 1 N–H and O–H groups in total. The fraction of sp³-hybridized carbons (Fsp3) is 0.471. The van der Waals surface area contributed by atoms with E-state index in [2.05, 4.69) is 45.9 Å². The molecule has 1 saturated heterocycles. The molecule has 2 aromatic rings. The first-order valence-corrected chi connectivity index (χ1v) is 8.97. The lowest BCUT2D eigenvalue weighted by molar-refractivity contribution is 0.429. The van der Waals surface area contributed by atoms with Crippen molar-refractivity contribution in [2.45, 2.75) is 38.8 Å². The van der Waals surface area contributed by atoms with Crippen molar-refractivity contribution in [1.82, 2.24) is 20.3 Å². The van der Waals surface area contributed by atoms with E-state index < -0.39 is 0 Å². The first-order chi connectivity index (χ1) is 10.7. The Hall–Kier alpha value is -1.46. The van der Waals surface area contributed by atoms with E-state index in [0.717, 1.165) is 17.1 Å². The van der Waals surface area contributed by atoms with Gasteiger partial charge in [0.2, 0.25) is 0 Å². The van der Waals surface area contributed by atoms with Gasteiger partial charge in [-0.3, -0.25) is 4.98 Å². The molecule has 1 aliphatic heterocycles. The number of hydrogen-bond acceptors (Lipinski definition) is 5. The normalized spacial score (nSPS) is 17.4. The van der Waals surface area contributed by atoms with Gasteiger partial charge in [-0.15, -0.1) is 0 Å². The number of pyridine rings is 1. The monoisotopic (exact) mass is 314 g/mol. The second-order valence-corrected chi connectivity index (χ2v) is 6.97. The van der Waals surface area contributed by atoms with Crippen LogP contribution in [0.3, 0.4) is 0 Å². The van der Waals surface area contributed by atoms with Crippen molar-refractivity contribution in [3.05, 3.63) is 42.0 Å². The lowest BCUT2D eigenvalue weighted by Crippen LogP contribution is -2.34. The fourth-order valence-corrected chi connectivity index (χ4v) is 3.96.